The summed E-state index contributed by atoms with van der Waals surface area (Å²) in [5.41, 5.74) is 5.03. The molecular formula is C25H21Cl2N3O. The second kappa shape index (κ2) is 8.03. The molecule has 0 unspecified atom stereocenters. The van der Waals surface area contributed by atoms with Crippen LogP contribution in [-0.2, 0) is 11.3 Å². The Morgan fingerprint density at radius 1 is 1.03 bits per heavy atom. The molecule has 0 spiro atoms. The molecule has 0 saturated carbocycles. The molecule has 31 heavy (non-hydrogen) atoms. The Kier molecular flexibility index (Phi) is 5.20. The van der Waals surface area contributed by atoms with Crippen LogP contribution in [0.15, 0.2) is 66.7 Å². The Bertz CT molecular complexity index is 1280. The van der Waals surface area contributed by atoms with Crippen LogP contribution in [-0.4, -0.2) is 22.0 Å². The molecule has 156 valence electrons. The van der Waals surface area contributed by atoms with E-state index in [0.29, 0.717) is 29.6 Å². The summed E-state index contributed by atoms with van der Waals surface area (Å²) in [6.45, 7) is 3.23. The van der Waals surface area contributed by atoms with Crippen molar-refractivity contribution in [2.45, 2.75) is 25.8 Å². The second-order valence-corrected chi connectivity index (χ2v) is 8.87. The SMILES string of the molecule is Cc1ccc(N2C[C@@H](c3nc4ccccc4n3Cc3ccc(Cl)cc3Cl)CC2=O)cc1. The monoisotopic (exact) mass is 449 g/mol. The topological polar surface area (TPSA) is 38.1 Å². The van der Waals surface area contributed by atoms with Crippen molar-refractivity contribution in [2.24, 2.45) is 0 Å². The standard InChI is InChI=1S/C25H21Cl2N3O/c1-16-6-10-20(11-7-16)29-15-18(12-24(29)31)25-28-22-4-2-3-5-23(22)30(25)14-17-8-9-19(26)13-21(17)27/h2-11,13,18H,12,14-15H2,1H3/t18-/m0/s1. The molecular weight excluding hydrogens is 429 g/mol. The number of imidazole rings is 1. The summed E-state index contributed by atoms with van der Waals surface area (Å²) in [7, 11) is 0. The molecule has 5 rings (SSSR count). The predicted octanol–water partition coefficient (Wildman–Crippen LogP) is 6.22. The number of fused-ring (bicyclic) bond motifs is 1. The minimum atomic E-state index is 0.00674. The number of para-hydroxylation sites is 2. The third-order valence-electron chi connectivity index (χ3n) is 5.86. The number of hydrogen-bond acceptors (Lipinski definition) is 2. The van der Waals surface area contributed by atoms with E-state index in [0.717, 1.165) is 28.1 Å². The largest absolute Gasteiger partial charge is 0.323 e. The van der Waals surface area contributed by atoms with Crippen molar-refractivity contribution in [1.29, 1.82) is 0 Å². The highest BCUT2D eigenvalue weighted by atomic mass is 35.5. The molecule has 0 N–H and O–H groups in total. The summed E-state index contributed by atoms with van der Waals surface area (Å²) < 4.78 is 2.18. The maximum Gasteiger partial charge on any atom is 0.227 e. The fraction of sp³-hybridized carbons (Fsp3) is 0.200. The summed E-state index contributed by atoms with van der Waals surface area (Å²) in [4.78, 5) is 19.7. The zero-order valence-electron chi connectivity index (χ0n) is 17.1. The molecule has 1 aromatic heterocycles. The lowest BCUT2D eigenvalue weighted by Crippen LogP contribution is -2.24. The van der Waals surface area contributed by atoms with E-state index >= 15 is 0 Å². The first-order valence-corrected chi connectivity index (χ1v) is 11.0. The van der Waals surface area contributed by atoms with E-state index in [9.17, 15) is 4.79 Å². The lowest BCUT2D eigenvalue weighted by Gasteiger charge is -2.18. The number of aromatic nitrogens is 2. The molecule has 0 aliphatic carbocycles. The molecule has 0 bridgehead atoms. The Labute approximate surface area is 191 Å². The van der Waals surface area contributed by atoms with Crippen molar-refractivity contribution in [3.63, 3.8) is 0 Å². The Hall–Kier alpha value is -2.82. The predicted molar refractivity (Wildman–Crippen MR) is 126 cm³/mol. The zero-order valence-corrected chi connectivity index (χ0v) is 18.6. The Morgan fingerprint density at radius 3 is 2.58 bits per heavy atom. The van der Waals surface area contributed by atoms with Crippen molar-refractivity contribution in [2.75, 3.05) is 11.4 Å². The summed E-state index contributed by atoms with van der Waals surface area (Å²) in [5, 5.41) is 1.24. The average molecular weight is 450 g/mol. The summed E-state index contributed by atoms with van der Waals surface area (Å²) in [6.07, 6.45) is 0.436. The molecule has 4 aromatic rings. The summed E-state index contributed by atoms with van der Waals surface area (Å²) in [6, 6.07) is 21.7. The van der Waals surface area contributed by atoms with Gasteiger partial charge in [-0.2, -0.15) is 0 Å². The number of amides is 1. The number of rotatable bonds is 4. The first-order valence-electron chi connectivity index (χ1n) is 10.3. The maximum absolute atomic E-state index is 12.9. The van der Waals surface area contributed by atoms with Gasteiger partial charge < -0.3 is 9.47 Å². The van der Waals surface area contributed by atoms with E-state index < -0.39 is 0 Å². The number of benzene rings is 3. The molecule has 0 radical (unpaired) electrons. The molecule has 6 heteroatoms. The van der Waals surface area contributed by atoms with Crippen molar-refractivity contribution < 1.29 is 4.79 Å². The normalized spacial score (nSPS) is 16.4. The van der Waals surface area contributed by atoms with E-state index in [4.69, 9.17) is 28.2 Å². The van der Waals surface area contributed by atoms with Gasteiger partial charge in [-0.25, -0.2) is 4.98 Å². The quantitative estimate of drug-likeness (QED) is 0.370. The minimum absolute atomic E-state index is 0.00674. The van der Waals surface area contributed by atoms with Crippen LogP contribution < -0.4 is 4.90 Å². The highest BCUT2D eigenvalue weighted by Gasteiger charge is 2.34. The van der Waals surface area contributed by atoms with Crippen LogP contribution in [0.2, 0.25) is 10.0 Å². The second-order valence-electron chi connectivity index (χ2n) is 8.02. The zero-order chi connectivity index (χ0) is 21.5. The van der Waals surface area contributed by atoms with Crippen molar-refractivity contribution >= 4 is 45.8 Å². The van der Waals surface area contributed by atoms with E-state index in [1.165, 1.54) is 5.56 Å². The van der Waals surface area contributed by atoms with E-state index in [1.54, 1.807) is 6.07 Å². The average Bonchev–Trinajstić information content (AvgIpc) is 3.31. The van der Waals surface area contributed by atoms with Crippen LogP contribution in [0.25, 0.3) is 11.0 Å². The van der Waals surface area contributed by atoms with E-state index in [2.05, 4.69) is 10.6 Å². The van der Waals surface area contributed by atoms with Crippen molar-refractivity contribution in [1.82, 2.24) is 9.55 Å². The Balaban J connectivity index is 1.53. The molecule has 4 nitrogen and oxygen atoms in total. The van der Waals surface area contributed by atoms with E-state index in [-0.39, 0.29) is 11.8 Å². The van der Waals surface area contributed by atoms with Gasteiger partial charge in [0.2, 0.25) is 5.91 Å². The van der Waals surface area contributed by atoms with Crippen LogP contribution in [0.3, 0.4) is 0 Å². The van der Waals surface area contributed by atoms with Crippen LogP contribution in [0.5, 0.6) is 0 Å². The number of anilines is 1. The van der Waals surface area contributed by atoms with Crippen LogP contribution in [0.4, 0.5) is 5.69 Å². The third-order valence-corrected chi connectivity index (χ3v) is 6.45. The summed E-state index contributed by atoms with van der Waals surface area (Å²) in [5.74, 6) is 1.04. The number of carbonyl (C=O) groups excluding carboxylic acids is 1. The molecule has 2 heterocycles. The highest BCUT2D eigenvalue weighted by molar-refractivity contribution is 6.35. The number of carbonyl (C=O) groups is 1. The molecule has 1 atom stereocenters. The minimum Gasteiger partial charge on any atom is -0.323 e. The molecule has 1 aliphatic heterocycles. The van der Waals surface area contributed by atoms with Crippen molar-refractivity contribution in [3.05, 3.63) is 93.7 Å². The first kappa shape index (κ1) is 20.1. The lowest BCUT2D eigenvalue weighted by molar-refractivity contribution is -0.117. The van der Waals surface area contributed by atoms with Gasteiger partial charge in [0, 0.05) is 34.6 Å². The fourth-order valence-electron chi connectivity index (χ4n) is 4.25. The third kappa shape index (κ3) is 3.82. The number of hydrogen-bond donors (Lipinski definition) is 0. The van der Waals surface area contributed by atoms with Crippen LogP contribution >= 0.6 is 23.2 Å². The van der Waals surface area contributed by atoms with Gasteiger partial charge in [0.25, 0.3) is 0 Å². The van der Waals surface area contributed by atoms with Gasteiger partial charge in [-0.3, -0.25) is 4.79 Å². The molecule has 1 aliphatic rings. The van der Waals surface area contributed by atoms with Gasteiger partial charge in [0.05, 0.1) is 17.6 Å². The van der Waals surface area contributed by atoms with Gasteiger partial charge in [0.15, 0.2) is 0 Å². The number of halogens is 2. The highest BCUT2D eigenvalue weighted by Crippen LogP contribution is 2.34. The van der Waals surface area contributed by atoms with E-state index in [1.807, 2.05) is 66.4 Å². The lowest BCUT2D eigenvalue weighted by atomic mass is 10.1. The number of nitrogens with zero attached hydrogens (tertiary/aromatic N) is 3. The fourth-order valence-corrected chi connectivity index (χ4v) is 4.72. The molecule has 1 saturated heterocycles. The van der Waals surface area contributed by atoms with Gasteiger partial charge in [-0.1, -0.05) is 59.1 Å². The van der Waals surface area contributed by atoms with Gasteiger partial charge in [-0.15, -0.1) is 0 Å². The molecule has 1 fully saturated rings. The summed E-state index contributed by atoms with van der Waals surface area (Å²) >= 11 is 12.6. The smallest absolute Gasteiger partial charge is 0.227 e. The van der Waals surface area contributed by atoms with Gasteiger partial charge in [-0.05, 0) is 48.9 Å². The van der Waals surface area contributed by atoms with Gasteiger partial charge in [0.1, 0.15) is 5.82 Å². The Morgan fingerprint density at radius 2 is 1.81 bits per heavy atom. The first-order chi connectivity index (χ1) is 15.0. The molecule has 1 amide bonds. The maximum atomic E-state index is 12.9. The van der Waals surface area contributed by atoms with Gasteiger partial charge >= 0.3 is 0 Å². The van der Waals surface area contributed by atoms with Crippen LogP contribution in [0.1, 0.15) is 29.3 Å². The van der Waals surface area contributed by atoms with Crippen molar-refractivity contribution in [3.8, 4) is 0 Å². The number of aryl methyl sites for hydroxylation is 1. The molecule has 3 aromatic carbocycles. The van der Waals surface area contributed by atoms with Crippen LogP contribution in [0, 0.1) is 6.92 Å².